The number of hydrogen-bond acceptors (Lipinski definition) is 3. The molecule has 1 heterocycles. The Morgan fingerprint density at radius 1 is 1.36 bits per heavy atom. The van der Waals surface area contributed by atoms with Gasteiger partial charge in [0, 0.05) is 30.9 Å². The fourth-order valence-corrected chi connectivity index (χ4v) is 2.37. The predicted octanol–water partition coefficient (Wildman–Crippen LogP) is 3.02. The van der Waals surface area contributed by atoms with Crippen molar-refractivity contribution in [2.75, 3.05) is 25.6 Å². The van der Waals surface area contributed by atoms with Gasteiger partial charge in [-0.3, -0.25) is 4.68 Å². The molecule has 0 bridgehead atoms. The maximum atomic E-state index is 5.23. The molecule has 0 aliphatic carbocycles. The first-order valence-electron chi connectivity index (χ1n) is 6.98. The van der Waals surface area contributed by atoms with Crippen LogP contribution < -0.4 is 10.6 Å². The molecule has 5 nitrogen and oxygen atoms in total. The second-order valence-corrected chi connectivity index (χ2v) is 6.10. The Labute approximate surface area is 144 Å². The van der Waals surface area contributed by atoms with E-state index in [2.05, 4.69) is 43.8 Å². The number of thiocarbonyl (C=S) groups is 1. The van der Waals surface area contributed by atoms with Gasteiger partial charge in [0.05, 0.1) is 18.4 Å². The highest BCUT2D eigenvalue weighted by molar-refractivity contribution is 9.10. The molecule has 2 aromatic rings. The van der Waals surface area contributed by atoms with Crippen LogP contribution in [-0.2, 0) is 11.3 Å². The van der Waals surface area contributed by atoms with Gasteiger partial charge in [-0.15, -0.1) is 0 Å². The first-order chi connectivity index (χ1) is 10.7. The number of ether oxygens (including phenoxy) is 1. The van der Waals surface area contributed by atoms with Crippen molar-refractivity contribution >= 4 is 38.9 Å². The fourth-order valence-electron chi connectivity index (χ4n) is 1.89. The van der Waals surface area contributed by atoms with Crippen molar-refractivity contribution < 1.29 is 4.74 Å². The summed E-state index contributed by atoms with van der Waals surface area (Å²) in [4.78, 5) is 0. The second kappa shape index (κ2) is 8.87. The van der Waals surface area contributed by atoms with Crippen LogP contribution in [0.4, 0.5) is 5.69 Å². The Hall–Kier alpha value is -1.44. The lowest BCUT2D eigenvalue weighted by Gasteiger charge is -2.08. The summed E-state index contributed by atoms with van der Waals surface area (Å²) in [7, 11) is 1.69. The highest BCUT2D eigenvalue weighted by Gasteiger charge is 2.02. The number of halogens is 1. The van der Waals surface area contributed by atoms with Gasteiger partial charge in [-0.25, -0.2) is 0 Å². The number of aromatic nitrogens is 2. The largest absolute Gasteiger partial charge is 0.385 e. The number of nitrogens with one attached hydrogen (secondary N) is 2. The molecule has 0 saturated carbocycles. The number of anilines is 1. The minimum atomic E-state index is 0.597. The Bertz CT molecular complexity index is 600. The van der Waals surface area contributed by atoms with E-state index in [1.54, 1.807) is 13.3 Å². The third kappa shape index (κ3) is 5.75. The normalized spacial score (nSPS) is 10.5. The second-order valence-electron chi connectivity index (χ2n) is 4.78. The van der Waals surface area contributed by atoms with Crippen LogP contribution in [0.1, 0.15) is 12.0 Å². The Balaban J connectivity index is 1.80. The van der Waals surface area contributed by atoms with E-state index in [9.17, 15) is 0 Å². The quantitative estimate of drug-likeness (QED) is 0.569. The van der Waals surface area contributed by atoms with Crippen molar-refractivity contribution in [1.29, 1.82) is 0 Å². The monoisotopic (exact) mass is 382 g/mol. The van der Waals surface area contributed by atoms with Gasteiger partial charge in [0.2, 0.25) is 0 Å². The van der Waals surface area contributed by atoms with Crippen molar-refractivity contribution in [2.45, 2.75) is 13.0 Å². The summed E-state index contributed by atoms with van der Waals surface area (Å²) in [5, 5.41) is 11.2. The fraction of sp³-hybridized carbons (Fsp3) is 0.333. The van der Waals surface area contributed by atoms with E-state index < -0.39 is 0 Å². The summed E-state index contributed by atoms with van der Waals surface area (Å²) in [6, 6.07) is 8.19. The molecule has 0 aliphatic rings. The van der Waals surface area contributed by atoms with Gasteiger partial charge in [-0.2, -0.15) is 5.10 Å². The van der Waals surface area contributed by atoms with Gasteiger partial charge in [0.1, 0.15) is 0 Å². The molecule has 1 aromatic heterocycles. The van der Waals surface area contributed by atoms with E-state index in [1.165, 1.54) is 5.56 Å². The van der Waals surface area contributed by atoms with Gasteiger partial charge >= 0.3 is 0 Å². The van der Waals surface area contributed by atoms with E-state index in [0.717, 1.165) is 36.3 Å². The number of hydrogen-bond donors (Lipinski definition) is 2. The molecule has 0 aliphatic heterocycles. The van der Waals surface area contributed by atoms with Crippen LogP contribution in [-0.4, -0.2) is 35.2 Å². The highest BCUT2D eigenvalue weighted by Crippen LogP contribution is 2.12. The average Bonchev–Trinajstić information content (AvgIpc) is 2.93. The Morgan fingerprint density at radius 2 is 2.14 bits per heavy atom. The predicted molar refractivity (Wildman–Crippen MR) is 96.2 cm³/mol. The molecule has 0 fully saturated rings. The lowest BCUT2D eigenvalue weighted by atomic mass is 10.2. The van der Waals surface area contributed by atoms with E-state index >= 15 is 0 Å². The van der Waals surface area contributed by atoms with Crippen molar-refractivity contribution in [3.8, 4) is 0 Å². The molecule has 7 heteroatoms. The number of benzene rings is 1. The number of methoxy groups -OCH3 is 1. The Morgan fingerprint density at radius 3 is 2.86 bits per heavy atom. The lowest BCUT2D eigenvalue weighted by molar-refractivity contribution is 0.196. The molecule has 0 unspecified atom stereocenters. The van der Waals surface area contributed by atoms with Crippen LogP contribution in [0.5, 0.6) is 0 Å². The van der Waals surface area contributed by atoms with Gasteiger partial charge in [0.15, 0.2) is 5.11 Å². The molecule has 2 rings (SSSR count). The number of rotatable bonds is 7. The van der Waals surface area contributed by atoms with E-state index in [0.29, 0.717) is 5.11 Å². The van der Waals surface area contributed by atoms with Gasteiger partial charge in [-0.1, -0.05) is 28.1 Å². The molecular formula is C15H19BrN4OS. The zero-order valence-electron chi connectivity index (χ0n) is 12.4. The highest BCUT2D eigenvalue weighted by atomic mass is 79.9. The topological polar surface area (TPSA) is 51.1 Å². The van der Waals surface area contributed by atoms with Gasteiger partial charge in [0.25, 0.3) is 0 Å². The summed E-state index contributed by atoms with van der Waals surface area (Å²) >= 11 is 8.66. The molecule has 22 heavy (non-hydrogen) atoms. The Kier molecular flexibility index (Phi) is 6.82. The van der Waals surface area contributed by atoms with Crippen molar-refractivity contribution in [3.63, 3.8) is 0 Å². The molecule has 0 amide bonds. The van der Waals surface area contributed by atoms with Gasteiger partial charge < -0.3 is 15.4 Å². The minimum Gasteiger partial charge on any atom is -0.385 e. The third-order valence-electron chi connectivity index (χ3n) is 2.96. The molecule has 2 N–H and O–H groups in total. The van der Waals surface area contributed by atoms with Crippen molar-refractivity contribution in [3.05, 3.63) is 46.7 Å². The zero-order chi connectivity index (χ0) is 15.8. The summed E-state index contributed by atoms with van der Waals surface area (Å²) in [5.41, 5.74) is 2.07. The van der Waals surface area contributed by atoms with Gasteiger partial charge in [-0.05, 0) is 36.3 Å². The third-order valence-corrected chi connectivity index (χ3v) is 3.73. The standard InChI is InChI=1S/C15H19BrN4OS/c1-21-8-2-7-17-15(22)19-14-9-18-20(11-14)10-12-3-5-13(16)6-4-12/h3-6,9,11H,2,7-8,10H2,1H3,(H2,17,19,22). The first-order valence-corrected chi connectivity index (χ1v) is 8.18. The van der Waals surface area contributed by atoms with Crippen molar-refractivity contribution in [1.82, 2.24) is 15.1 Å². The summed E-state index contributed by atoms with van der Waals surface area (Å²) in [5.74, 6) is 0. The molecule has 118 valence electrons. The van der Waals surface area contributed by atoms with Crippen LogP contribution in [0.15, 0.2) is 41.1 Å². The minimum absolute atomic E-state index is 0.597. The molecule has 1 aromatic carbocycles. The molecule has 0 atom stereocenters. The smallest absolute Gasteiger partial charge is 0.170 e. The van der Waals surface area contributed by atoms with Crippen LogP contribution >= 0.6 is 28.1 Å². The lowest BCUT2D eigenvalue weighted by Crippen LogP contribution is -2.29. The number of nitrogens with zero attached hydrogens (tertiary/aromatic N) is 2. The van der Waals surface area contributed by atoms with Crippen LogP contribution in [0.25, 0.3) is 0 Å². The SMILES string of the molecule is COCCCNC(=S)Nc1cnn(Cc2ccc(Br)cc2)c1. The molecule has 0 radical (unpaired) electrons. The molecule has 0 saturated heterocycles. The van der Waals surface area contributed by atoms with E-state index in [-0.39, 0.29) is 0 Å². The van der Waals surface area contributed by atoms with E-state index in [1.807, 2.05) is 23.0 Å². The summed E-state index contributed by atoms with van der Waals surface area (Å²) in [6.45, 7) is 2.23. The van der Waals surface area contributed by atoms with E-state index in [4.69, 9.17) is 17.0 Å². The average molecular weight is 383 g/mol. The maximum absolute atomic E-state index is 5.23. The van der Waals surface area contributed by atoms with Crippen LogP contribution in [0, 0.1) is 0 Å². The van der Waals surface area contributed by atoms with Crippen LogP contribution in [0.3, 0.4) is 0 Å². The maximum Gasteiger partial charge on any atom is 0.170 e. The first kappa shape index (κ1) is 16.9. The summed E-state index contributed by atoms with van der Waals surface area (Å²) < 4.78 is 7.94. The zero-order valence-corrected chi connectivity index (χ0v) is 14.8. The van der Waals surface area contributed by atoms with Crippen LogP contribution in [0.2, 0.25) is 0 Å². The van der Waals surface area contributed by atoms with Crippen molar-refractivity contribution in [2.24, 2.45) is 0 Å². The summed E-state index contributed by atoms with van der Waals surface area (Å²) in [6.07, 6.45) is 4.62. The molecule has 0 spiro atoms. The molecular weight excluding hydrogens is 364 g/mol.